The van der Waals surface area contributed by atoms with Gasteiger partial charge in [-0.2, -0.15) is 0 Å². The lowest BCUT2D eigenvalue weighted by Crippen LogP contribution is -2.29. The van der Waals surface area contributed by atoms with Gasteiger partial charge < -0.3 is 0 Å². The molecule has 11 heavy (non-hydrogen) atoms. The monoisotopic (exact) mass is 152 g/mol. The molecular weight excluding hydrogens is 132 g/mol. The standard InChI is InChI=1S/C11H20/c1-11(2)8-4-3-5-10(11)9-6-7-9/h9-10H,3-8H2,1-2H3. The maximum absolute atomic E-state index is 2.48. The molecule has 0 heteroatoms. The highest BCUT2D eigenvalue weighted by Crippen LogP contribution is 2.52. The molecule has 0 aromatic rings. The van der Waals surface area contributed by atoms with Crippen molar-refractivity contribution in [3.8, 4) is 0 Å². The van der Waals surface area contributed by atoms with Gasteiger partial charge in [0.05, 0.1) is 0 Å². The molecule has 2 fully saturated rings. The predicted molar refractivity (Wildman–Crippen MR) is 48.5 cm³/mol. The van der Waals surface area contributed by atoms with Crippen molar-refractivity contribution < 1.29 is 0 Å². The van der Waals surface area contributed by atoms with E-state index in [2.05, 4.69) is 13.8 Å². The van der Waals surface area contributed by atoms with Crippen LogP contribution in [0.4, 0.5) is 0 Å². The summed E-state index contributed by atoms with van der Waals surface area (Å²) in [7, 11) is 0. The first-order chi connectivity index (χ1) is 5.20. The van der Waals surface area contributed by atoms with Crippen LogP contribution in [0, 0.1) is 17.3 Å². The Hall–Kier alpha value is 0. The second-order valence-corrected chi connectivity index (χ2v) is 5.18. The van der Waals surface area contributed by atoms with Crippen LogP contribution >= 0.6 is 0 Å². The van der Waals surface area contributed by atoms with Crippen molar-refractivity contribution in [3.63, 3.8) is 0 Å². The molecular formula is C11H20. The zero-order valence-corrected chi connectivity index (χ0v) is 7.90. The lowest BCUT2D eigenvalue weighted by Gasteiger charge is -2.39. The Morgan fingerprint density at radius 3 is 2.27 bits per heavy atom. The normalized spacial score (nSPS) is 37.1. The Kier molecular flexibility index (Phi) is 1.74. The van der Waals surface area contributed by atoms with E-state index in [0.29, 0.717) is 5.41 Å². The topological polar surface area (TPSA) is 0 Å². The Balaban J connectivity index is 2.02. The number of rotatable bonds is 1. The van der Waals surface area contributed by atoms with Gasteiger partial charge in [0.25, 0.3) is 0 Å². The molecule has 0 spiro atoms. The second kappa shape index (κ2) is 2.50. The summed E-state index contributed by atoms with van der Waals surface area (Å²) in [5.74, 6) is 2.21. The Morgan fingerprint density at radius 1 is 1.00 bits per heavy atom. The first-order valence-electron chi connectivity index (χ1n) is 5.20. The molecule has 0 heterocycles. The number of hydrogen-bond donors (Lipinski definition) is 0. The van der Waals surface area contributed by atoms with Crippen LogP contribution in [-0.2, 0) is 0 Å². The van der Waals surface area contributed by atoms with Gasteiger partial charge in [0, 0.05) is 0 Å². The van der Waals surface area contributed by atoms with Gasteiger partial charge in [0.1, 0.15) is 0 Å². The van der Waals surface area contributed by atoms with Crippen LogP contribution in [0.15, 0.2) is 0 Å². The summed E-state index contributed by atoms with van der Waals surface area (Å²) in [6, 6.07) is 0. The van der Waals surface area contributed by atoms with Crippen molar-refractivity contribution in [1.29, 1.82) is 0 Å². The molecule has 0 nitrogen and oxygen atoms in total. The molecule has 2 rings (SSSR count). The fourth-order valence-corrected chi connectivity index (χ4v) is 2.89. The first kappa shape index (κ1) is 7.64. The predicted octanol–water partition coefficient (Wildman–Crippen LogP) is 3.61. The minimum atomic E-state index is 0.680. The quantitative estimate of drug-likeness (QED) is 0.538. The van der Waals surface area contributed by atoms with Gasteiger partial charge in [0.2, 0.25) is 0 Å². The van der Waals surface area contributed by atoms with Crippen LogP contribution in [0.25, 0.3) is 0 Å². The van der Waals surface area contributed by atoms with Crippen LogP contribution in [-0.4, -0.2) is 0 Å². The Morgan fingerprint density at radius 2 is 1.73 bits per heavy atom. The van der Waals surface area contributed by atoms with Crippen LogP contribution < -0.4 is 0 Å². The molecule has 0 aliphatic heterocycles. The van der Waals surface area contributed by atoms with E-state index in [1.165, 1.54) is 38.5 Å². The average molecular weight is 152 g/mol. The van der Waals surface area contributed by atoms with E-state index in [0.717, 1.165) is 11.8 Å². The van der Waals surface area contributed by atoms with Gasteiger partial charge in [-0.1, -0.05) is 26.7 Å². The van der Waals surface area contributed by atoms with Gasteiger partial charge in [-0.3, -0.25) is 0 Å². The Bertz CT molecular complexity index is 142. The van der Waals surface area contributed by atoms with E-state index in [1.54, 1.807) is 0 Å². The maximum Gasteiger partial charge on any atom is -0.0323 e. The van der Waals surface area contributed by atoms with Gasteiger partial charge in [-0.15, -0.1) is 0 Å². The van der Waals surface area contributed by atoms with Crippen LogP contribution in [0.3, 0.4) is 0 Å². The van der Waals surface area contributed by atoms with Crippen LogP contribution in [0.5, 0.6) is 0 Å². The molecule has 2 aliphatic carbocycles. The van der Waals surface area contributed by atoms with Gasteiger partial charge in [-0.05, 0) is 42.9 Å². The summed E-state index contributed by atoms with van der Waals surface area (Å²) in [5, 5.41) is 0. The maximum atomic E-state index is 2.48. The first-order valence-corrected chi connectivity index (χ1v) is 5.20. The van der Waals surface area contributed by atoms with E-state index in [-0.39, 0.29) is 0 Å². The van der Waals surface area contributed by atoms with E-state index < -0.39 is 0 Å². The van der Waals surface area contributed by atoms with Gasteiger partial charge in [-0.25, -0.2) is 0 Å². The second-order valence-electron chi connectivity index (χ2n) is 5.18. The molecule has 2 aliphatic rings. The minimum Gasteiger partial charge on any atom is -0.0596 e. The zero-order valence-electron chi connectivity index (χ0n) is 7.90. The van der Waals surface area contributed by atoms with Crippen molar-refractivity contribution in [1.82, 2.24) is 0 Å². The molecule has 64 valence electrons. The zero-order chi connectivity index (χ0) is 7.90. The molecule has 0 aromatic carbocycles. The van der Waals surface area contributed by atoms with E-state index in [9.17, 15) is 0 Å². The number of hydrogen-bond acceptors (Lipinski definition) is 0. The van der Waals surface area contributed by atoms with Crippen LogP contribution in [0.2, 0.25) is 0 Å². The third-order valence-electron chi connectivity index (χ3n) is 3.78. The van der Waals surface area contributed by atoms with Gasteiger partial charge in [0.15, 0.2) is 0 Å². The highest BCUT2D eigenvalue weighted by molar-refractivity contribution is 4.92. The molecule has 0 bridgehead atoms. The Labute approximate surface area is 70.4 Å². The smallest absolute Gasteiger partial charge is 0.0323 e. The molecule has 0 amide bonds. The van der Waals surface area contributed by atoms with Gasteiger partial charge >= 0.3 is 0 Å². The molecule has 0 aromatic heterocycles. The molecule has 0 N–H and O–H groups in total. The summed E-state index contributed by atoms with van der Waals surface area (Å²) in [6.07, 6.45) is 9.06. The fraction of sp³-hybridized carbons (Fsp3) is 1.00. The van der Waals surface area contributed by atoms with Crippen LogP contribution in [0.1, 0.15) is 52.4 Å². The van der Waals surface area contributed by atoms with Crippen molar-refractivity contribution in [2.75, 3.05) is 0 Å². The summed E-state index contributed by atoms with van der Waals surface area (Å²) in [6.45, 7) is 4.96. The molecule has 0 radical (unpaired) electrons. The van der Waals surface area contributed by atoms with E-state index in [1.807, 2.05) is 0 Å². The summed E-state index contributed by atoms with van der Waals surface area (Å²) < 4.78 is 0. The summed E-state index contributed by atoms with van der Waals surface area (Å²) in [5.41, 5.74) is 0.680. The minimum absolute atomic E-state index is 0.680. The van der Waals surface area contributed by atoms with Crippen molar-refractivity contribution in [2.45, 2.75) is 52.4 Å². The van der Waals surface area contributed by atoms with Crippen molar-refractivity contribution in [3.05, 3.63) is 0 Å². The fourth-order valence-electron chi connectivity index (χ4n) is 2.89. The van der Waals surface area contributed by atoms with E-state index in [4.69, 9.17) is 0 Å². The molecule has 1 unspecified atom stereocenters. The lowest BCUT2D eigenvalue weighted by atomic mass is 9.67. The largest absolute Gasteiger partial charge is 0.0596 e. The summed E-state index contributed by atoms with van der Waals surface area (Å²) >= 11 is 0. The molecule has 2 saturated carbocycles. The third kappa shape index (κ3) is 1.45. The van der Waals surface area contributed by atoms with Crippen molar-refractivity contribution in [2.24, 2.45) is 17.3 Å². The third-order valence-corrected chi connectivity index (χ3v) is 3.78. The van der Waals surface area contributed by atoms with Crippen molar-refractivity contribution >= 4 is 0 Å². The highest BCUT2D eigenvalue weighted by atomic mass is 14.5. The summed E-state index contributed by atoms with van der Waals surface area (Å²) in [4.78, 5) is 0. The molecule has 1 atom stereocenters. The highest BCUT2D eigenvalue weighted by Gasteiger charge is 2.41. The average Bonchev–Trinajstić information content (AvgIpc) is 2.69. The van der Waals surface area contributed by atoms with E-state index >= 15 is 0 Å². The molecule has 0 saturated heterocycles. The SMILES string of the molecule is CC1(C)CCCCC1C1CC1. The lowest BCUT2D eigenvalue weighted by molar-refractivity contribution is 0.118.